The van der Waals surface area contributed by atoms with Crippen LogP contribution in [0, 0.1) is 5.82 Å². The Balaban J connectivity index is 2.11. The Morgan fingerprint density at radius 1 is 0.958 bits per heavy atom. The molecule has 24 heavy (non-hydrogen) atoms. The van der Waals surface area contributed by atoms with Crippen LogP contribution in [0.25, 0.3) is 0 Å². The first-order valence-corrected chi connectivity index (χ1v) is 8.14. The van der Waals surface area contributed by atoms with Crippen LogP contribution in [0.1, 0.15) is 11.1 Å². The largest absolute Gasteiger partial charge is 0.378 e. The second kappa shape index (κ2) is 6.73. The van der Waals surface area contributed by atoms with E-state index in [0.717, 1.165) is 0 Å². The molecule has 0 saturated heterocycles. The van der Waals surface area contributed by atoms with Crippen molar-refractivity contribution >= 4 is 34.8 Å². The van der Waals surface area contributed by atoms with Crippen LogP contribution in [0.5, 0.6) is 0 Å². The maximum atomic E-state index is 13.3. The summed E-state index contributed by atoms with van der Waals surface area (Å²) in [6, 6.07) is 12.4. The van der Waals surface area contributed by atoms with Crippen molar-refractivity contribution in [3.8, 4) is 0 Å². The van der Waals surface area contributed by atoms with Gasteiger partial charge in [-0.15, -0.1) is 0 Å². The van der Waals surface area contributed by atoms with E-state index in [2.05, 4.69) is 4.98 Å². The summed E-state index contributed by atoms with van der Waals surface area (Å²) in [5.74, 6) is -0.388. The molecule has 0 bridgehead atoms. The molecular weight excluding hydrogens is 374 g/mol. The van der Waals surface area contributed by atoms with Crippen LogP contribution in [0.15, 0.2) is 54.9 Å². The van der Waals surface area contributed by atoms with Crippen molar-refractivity contribution in [2.24, 2.45) is 0 Å². The third kappa shape index (κ3) is 3.28. The van der Waals surface area contributed by atoms with Gasteiger partial charge in [-0.1, -0.05) is 59.1 Å². The summed E-state index contributed by atoms with van der Waals surface area (Å²) in [5, 5.41) is 12.3. The van der Waals surface area contributed by atoms with E-state index in [9.17, 15) is 9.50 Å². The Bertz CT molecular complexity index is 802. The van der Waals surface area contributed by atoms with Crippen molar-refractivity contribution in [1.29, 1.82) is 0 Å². The molecular formula is C17H12Cl3FN2O. The molecule has 3 nitrogen and oxygen atoms in total. The molecule has 0 radical (unpaired) electrons. The molecule has 3 aromatic rings. The molecule has 0 aliphatic rings. The predicted molar refractivity (Wildman–Crippen MR) is 93.1 cm³/mol. The first kappa shape index (κ1) is 17.2. The normalized spacial score (nSPS) is 13.7. The Morgan fingerprint density at radius 2 is 1.50 bits per heavy atom. The van der Waals surface area contributed by atoms with Crippen LogP contribution in [0.2, 0.25) is 15.3 Å². The van der Waals surface area contributed by atoms with E-state index in [4.69, 9.17) is 34.8 Å². The summed E-state index contributed by atoms with van der Waals surface area (Å²) in [7, 11) is 0. The van der Waals surface area contributed by atoms with Crippen LogP contribution >= 0.6 is 34.8 Å². The summed E-state index contributed by atoms with van der Waals surface area (Å²) in [6.07, 6.45) is 1.44. The molecule has 0 spiro atoms. The smallest absolute Gasteiger partial charge is 0.166 e. The second-order valence-corrected chi connectivity index (χ2v) is 6.48. The number of hydrogen-bond acceptors (Lipinski definition) is 2. The number of aromatic nitrogens is 2. The zero-order valence-corrected chi connectivity index (χ0v) is 14.5. The van der Waals surface area contributed by atoms with E-state index < -0.39 is 5.60 Å². The third-order valence-electron chi connectivity index (χ3n) is 3.78. The highest BCUT2D eigenvalue weighted by molar-refractivity contribution is 6.40. The average Bonchev–Trinajstić information content (AvgIpc) is 2.88. The van der Waals surface area contributed by atoms with Gasteiger partial charge < -0.3 is 9.67 Å². The van der Waals surface area contributed by atoms with E-state index in [1.54, 1.807) is 24.3 Å². The summed E-state index contributed by atoms with van der Waals surface area (Å²) in [4.78, 5) is 3.92. The molecule has 2 aromatic carbocycles. The van der Waals surface area contributed by atoms with E-state index in [0.29, 0.717) is 16.1 Å². The molecule has 0 aliphatic heterocycles. The lowest BCUT2D eigenvalue weighted by molar-refractivity contribution is 0.0612. The lowest BCUT2D eigenvalue weighted by Crippen LogP contribution is -2.32. The van der Waals surface area contributed by atoms with Crippen LogP contribution < -0.4 is 0 Å². The first-order chi connectivity index (χ1) is 11.4. The standard InChI is InChI=1S/C17H12Cl3FN2O/c18-13-5-1-11(2-6-13)17(24,12-3-7-14(21)8-4-12)9-23-10-22-15(19)16(23)20/h1-8,10,24H,9H2/t17-/m1/s1. The van der Waals surface area contributed by atoms with Gasteiger partial charge in [0, 0.05) is 5.02 Å². The van der Waals surface area contributed by atoms with E-state index in [1.807, 2.05) is 0 Å². The van der Waals surface area contributed by atoms with Crippen LogP contribution in [-0.4, -0.2) is 14.7 Å². The van der Waals surface area contributed by atoms with Crippen LogP contribution in [-0.2, 0) is 12.1 Å². The molecule has 0 unspecified atom stereocenters. The van der Waals surface area contributed by atoms with Gasteiger partial charge in [-0.2, -0.15) is 0 Å². The molecule has 3 rings (SSSR count). The lowest BCUT2D eigenvalue weighted by Gasteiger charge is -2.30. The summed E-state index contributed by atoms with van der Waals surface area (Å²) in [6.45, 7) is 0.0544. The molecule has 124 valence electrons. The molecule has 0 aliphatic carbocycles. The van der Waals surface area contributed by atoms with Gasteiger partial charge in [-0.05, 0) is 35.4 Å². The molecule has 0 saturated carbocycles. The molecule has 0 fully saturated rings. The fourth-order valence-corrected chi connectivity index (χ4v) is 2.93. The Kier molecular flexibility index (Phi) is 4.83. The van der Waals surface area contributed by atoms with Gasteiger partial charge in [0.1, 0.15) is 16.6 Å². The minimum absolute atomic E-state index is 0.0544. The number of halogens is 4. The lowest BCUT2D eigenvalue weighted by atomic mass is 9.86. The Labute approximate surface area is 153 Å². The number of aliphatic hydroxyl groups is 1. The van der Waals surface area contributed by atoms with Gasteiger partial charge in [0.25, 0.3) is 0 Å². The predicted octanol–water partition coefficient (Wildman–Crippen LogP) is 4.92. The number of benzene rings is 2. The zero-order valence-electron chi connectivity index (χ0n) is 12.3. The third-order valence-corrected chi connectivity index (χ3v) is 4.80. The van der Waals surface area contributed by atoms with Gasteiger partial charge in [-0.25, -0.2) is 9.37 Å². The topological polar surface area (TPSA) is 38.0 Å². The summed E-state index contributed by atoms with van der Waals surface area (Å²) >= 11 is 17.9. The van der Waals surface area contributed by atoms with E-state index in [-0.39, 0.29) is 22.7 Å². The van der Waals surface area contributed by atoms with Crippen LogP contribution in [0.3, 0.4) is 0 Å². The van der Waals surface area contributed by atoms with E-state index >= 15 is 0 Å². The molecule has 7 heteroatoms. The summed E-state index contributed by atoms with van der Waals surface area (Å²) < 4.78 is 14.8. The summed E-state index contributed by atoms with van der Waals surface area (Å²) in [5.41, 5.74) is -0.377. The minimum atomic E-state index is -1.47. The zero-order chi connectivity index (χ0) is 17.3. The maximum Gasteiger partial charge on any atom is 0.166 e. The maximum absolute atomic E-state index is 13.3. The SMILES string of the molecule is O[C@@](Cn1cnc(Cl)c1Cl)(c1ccc(F)cc1)c1ccc(Cl)cc1. The molecule has 1 aromatic heterocycles. The van der Waals surface area contributed by atoms with Crippen molar-refractivity contribution in [2.45, 2.75) is 12.1 Å². The number of rotatable bonds is 4. The molecule has 1 N–H and O–H groups in total. The minimum Gasteiger partial charge on any atom is -0.378 e. The van der Waals surface area contributed by atoms with Crippen molar-refractivity contribution < 1.29 is 9.50 Å². The fourth-order valence-electron chi connectivity index (χ4n) is 2.50. The van der Waals surface area contributed by atoms with Crippen LogP contribution in [0.4, 0.5) is 4.39 Å². The van der Waals surface area contributed by atoms with E-state index in [1.165, 1.54) is 35.2 Å². The fraction of sp³-hybridized carbons (Fsp3) is 0.118. The Hall–Kier alpha value is -1.59. The monoisotopic (exact) mass is 384 g/mol. The number of hydrogen-bond donors (Lipinski definition) is 1. The Morgan fingerprint density at radius 3 is 2.00 bits per heavy atom. The number of imidazole rings is 1. The van der Waals surface area contributed by atoms with Gasteiger partial charge >= 0.3 is 0 Å². The van der Waals surface area contributed by atoms with Crippen molar-refractivity contribution in [3.05, 3.63) is 87.1 Å². The van der Waals surface area contributed by atoms with Crippen molar-refractivity contribution in [1.82, 2.24) is 9.55 Å². The first-order valence-electron chi connectivity index (χ1n) is 7.01. The quantitative estimate of drug-likeness (QED) is 0.692. The molecule has 0 amide bonds. The van der Waals surface area contributed by atoms with Crippen molar-refractivity contribution in [2.75, 3.05) is 0 Å². The van der Waals surface area contributed by atoms with Gasteiger partial charge in [0.15, 0.2) is 5.15 Å². The average molecular weight is 386 g/mol. The molecule has 1 heterocycles. The van der Waals surface area contributed by atoms with Crippen molar-refractivity contribution in [3.63, 3.8) is 0 Å². The highest BCUT2D eigenvalue weighted by Gasteiger charge is 2.33. The molecule has 1 atom stereocenters. The second-order valence-electron chi connectivity index (χ2n) is 5.33. The highest BCUT2D eigenvalue weighted by Crippen LogP contribution is 2.34. The van der Waals surface area contributed by atoms with Gasteiger partial charge in [0.2, 0.25) is 0 Å². The van der Waals surface area contributed by atoms with Gasteiger partial charge in [0.05, 0.1) is 12.9 Å². The highest BCUT2D eigenvalue weighted by atomic mass is 35.5. The van der Waals surface area contributed by atoms with Gasteiger partial charge in [-0.3, -0.25) is 0 Å². The number of nitrogens with zero attached hydrogens (tertiary/aromatic N) is 2.